The van der Waals surface area contributed by atoms with Gasteiger partial charge in [-0.1, -0.05) is 84.1 Å². The summed E-state index contributed by atoms with van der Waals surface area (Å²) in [5, 5.41) is 12.9. The molecular formula is C30H33FN4OS. The first-order chi connectivity index (χ1) is 18.1. The molecule has 7 heteroatoms. The van der Waals surface area contributed by atoms with E-state index in [0.29, 0.717) is 13.0 Å². The fraction of sp³-hybridized carbons (Fsp3) is 0.300. The monoisotopic (exact) mass is 516 g/mol. The van der Waals surface area contributed by atoms with Crippen LogP contribution in [0.3, 0.4) is 0 Å². The Bertz CT molecular complexity index is 1270. The highest BCUT2D eigenvalue weighted by Crippen LogP contribution is 2.24. The number of carbonyl (C=O) groups excluding carboxylic acids is 1. The number of thioether (sulfide) groups is 1. The molecular weight excluding hydrogens is 483 g/mol. The van der Waals surface area contributed by atoms with Gasteiger partial charge in [-0.25, -0.2) is 4.39 Å². The Hall–Kier alpha value is -3.45. The first kappa shape index (κ1) is 26.6. The average molecular weight is 517 g/mol. The van der Waals surface area contributed by atoms with Crippen LogP contribution in [0.2, 0.25) is 0 Å². The van der Waals surface area contributed by atoms with Gasteiger partial charge in [0.2, 0.25) is 5.91 Å². The lowest BCUT2D eigenvalue weighted by Gasteiger charge is -2.11. The maximum Gasteiger partial charge on any atom is 0.220 e. The molecule has 0 aliphatic rings. The average Bonchev–Trinajstić information content (AvgIpc) is 3.30. The van der Waals surface area contributed by atoms with Gasteiger partial charge in [0.1, 0.15) is 11.6 Å². The van der Waals surface area contributed by atoms with Crippen LogP contribution in [0.4, 0.5) is 4.39 Å². The molecule has 0 atom stereocenters. The molecule has 4 aromatic rings. The molecule has 3 aromatic carbocycles. The second-order valence-corrected chi connectivity index (χ2v) is 10.1. The highest BCUT2D eigenvalue weighted by molar-refractivity contribution is 7.98. The van der Waals surface area contributed by atoms with Crippen LogP contribution >= 0.6 is 11.8 Å². The normalized spacial score (nSPS) is 11.0. The van der Waals surface area contributed by atoms with E-state index in [4.69, 9.17) is 0 Å². The van der Waals surface area contributed by atoms with Crippen molar-refractivity contribution in [2.75, 3.05) is 0 Å². The van der Waals surface area contributed by atoms with E-state index >= 15 is 0 Å². The number of aryl methyl sites for hydroxylation is 3. The first-order valence-electron chi connectivity index (χ1n) is 12.7. The number of carbonyl (C=O) groups is 1. The third kappa shape index (κ3) is 8.57. The Morgan fingerprint density at radius 3 is 2.46 bits per heavy atom. The van der Waals surface area contributed by atoms with Crippen molar-refractivity contribution in [2.45, 2.75) is 63.0 Å². The molecule has 4 rings (SSSR count). The zero-order valence-electron chi connectivity index (χ0n) is 21.2. The quantitative estimate of drug-likeness (QED) is 0.168. The SMILES string of the molecule is Cc1cccc(CSc2nnc(CCCCC(=O)NCc3ccc(F)cc3)n2CCc2ccccc2)c1. The number of nitrogens with zero attached hydrogens (tertiary/aromatic N) is 3. The van der Waals surface area contributed by atoms with Crippen LogP contribution in [0.5, 0.6) is 0 Å². The van der Waals surface area contributed by atoms with E-state index in [1.54, 1.807) is 23.9 Å². The fourth-order valence-corrected chi connectivity index (χ4v) is 5.06. The fourth-order valence-electron chi connectivity index (χ4n) is 4.13. The van der Waals surface area contributed by atoms with Crippen molar-refractivity contribution < 1.29 is 9.18 Å². The Morgan fingerprint density at radius 1 is 0.892 bits per heavy atom. The molecule has 1 amide bonds. The Morgan fingerprint density at radius 2 is 1.68 bits per heavy atom. The van der Waals surface area contributed by atoms with Gasteiger partial charge in [0.05, 0.1) is 0 Å². The molecule has 0 saturated heterocycles. The summed E-state index contributed by atoms with van der Waals surface area (Å²) in [6.45, 7) is 3.34. The largest absolute Gasteiger partial charge is 0.352 e. The molecule has 1 N–H and O–H groups in total. The summed E-state index contributed by atoms with van der Waals surface area (Å²) in [5.41, 5.74) is 4.70. The van der Waals surface area contributed by atoms with Crippen LogP contribution in [0, 0.1) is 12.7 Å². The molecule has 0 radical (unpaired) electrons. The van der Waals surface area contributed by atoms with E-state index < -0.39 is 0 Å². The zero-order valence-corrected chi connectivity index (χ0v) is 22.0. The highest BCUT2D eigenvalue weighted by atomic mass is 32.2. The number of benzene rings is 3. The summed E-state index contributed by atoms with van der Waals surface area (Å²) in [7, 11) is 0. The minimum absolute atomic E-state index is 0.00395. The molecule has 0 unspecified atom stereocenters. The molecule has 0 saturated carbocycles. The summed E-state index contributed by atoms with van der Waals surface area (Å²) in [6, 6.07) is 25.2. The lowest BCUT2D eigenvalue weighted by molar-refractivity contribution is -0.121. The molecule has 0 spiro atoms. The third-order valence-electron chi connectivity index (χ3n) is 6.17. The van der Waals surface area contributed by atoms with Crippen molar-refractivity contribution in [3.05, 3.63) is 113 Å². The van der Waals surface area contributed by atoms with E-state index in [2.05, 4.69) is 75.5 Å². The molecule has 37 heavy (non-hydrogen) atoms. The number of unbranched alkanes of at least 4 members (excludes halogenated alkanes) is 1. The lowest BCUT2D eigenvalue weighted by Crippen LogP contribution is -2.22. The van der Waals surface area contributed by atoms with E-state index in [1.807, 2.05) is 6.07 Å². The number of hydrogen-bond acceptors (Lipinski definition) is 4. The van der Waals surface area contributed by atoms with E-state index in [0.717, 1.165) is 54.5 Å². The van der Waals surface area contributed by atoms with Crippen molar-refractivity contribution in [1.82, 2.24) is 20.1 Å². The minimum Gasteiger partial charge on any atom is -0.352 e. The Kier molecular flexibility index (Phi) is 9.89. The van der Waals surface area contributed by atoms with Crippen molar-refractivity contribution in [2.24, 2.45) is 0 Å². The maximum atomic E-state index is 13.0. The van der Waals surface area contributed by atoms with Crippen LogP contribution in [0.1, 0.15) is 47.3 Å². The second kappa shape index (κ2) is 13.7. The lowest BCUT2D eigenvalue weighted by atomic mass is 10.1. The van der Waals surface area contributed by atoms with Crippen LogP contribution in [-0.4, -0.2) is 20.7 Å². The smallest absolute Gasteiger partial charge is 0.220 e. The summed E-state index contributed by atoms with van der Waals surface area (Å²) in [5.74, 6) is 1.54. The van der Waals surface area contributed by atoms with Gasteiger partial charge in [-0.15, -0.1) is 10.2 Å². The molecule has 5 nitrogen and oxygen atoms in total. The Balaban J connectivity index is 1.30. The number of rotatable bonds is 13. The van der Waals surface area contributed by atoms with Gasteiger partial charge >= 0.3 is 0 Å². The molecule has 1 aromatic heterocycles. The second-order valence-electron chi connectivity index (χ2n) is 9.17. The van der Waals surface area contributed by atoms with Crippen LogP contribution in [0.25, 0.3) is 0 Å². The topological polar surface area (TPSA) is 59.8 Å². The zero-order chi connectivity index (χ0) is 25.9. The third-order valence-corrected chi connectivity index (χ3v) is 7.21. The van der Waals surface area contributed by atoms with Crippen molar-refractivity contribution in [3.63, 3.8) is 0 Å². The molecule has 0 aliphatic carbocycles. The molecule has 1 heterocycles. The molecule has 192 valence electrons. The summed E-state index contributed by atoms with van der Waals surface area (Å²) in [4.78, 5) is 12.2. The molecule has 0 bridgehead atoms. The molecule has 0 fully saturated rings. The van der Waals surface area contributed by atoms with Crippen molar-refractivity contribution in [3.8, 4) is 0 Å². The van der Waals surface area contributed by atoms with Crippen LogP contribution < -0.4 is 5.32 Å². The maximum absolute atomic E-state index is 13.0. The van der Waals surface area contributed by atoms with Gasteiger partial charge in [0.25, 0.3) is 0 Å². The van der Waals surface area contributed by atoms with Gasteiger partial charge in [0, 0.05) is 31.7 Å². The number of amides is 1. The Labute approximate surface area is 222 Å². The van der Waals surface area contributed by atoms with Gasteiger partial charge in [-0.05, 0) is 55.0 Å². The number of nitrogens with one attached hydrogen (secondary N) is 1. The predicted molar refractivity (Wildman–Crippen MR) is 147 cm³/mol. The number of aromatic nitrogens is 3. The van der Waals surface area contributed by atoms with Gasteiger partial charge in [-0.2, -0.15) is 0 Å². The standard InChI is InChI=1S/C30H33FN4OS/c1-23-8-7-11-26(20-23)22-37-30-34-33-28(35(30)19-18-24-9-3-2-4-10-24)12-5-6-13-29(36)32-21-25-14-16-27(31)17-15-25/h2-4,7-11,14-17,20H,5-6,12-13,18-19,21-22H2,1H3,(H,32,36). The summed E-state index contributed by atoms with van der Waals surface area (Å²) < 4.78 is 15.3. The number of halogens is 1. The number of hydrogen-bond donors (Lipinski definition) is 1. The highest BCUT2D eigenvalue weighted by Gasteiger charge is 2.13. The van der Waals surface area contributed by atoms with Gasteiger partial charge < -0.3 is 9.88 Å². The van der Waals surface area contributed by atoms with Crippen LogP contribution in [-0.2, 0) is 36.5 Å². The van der Waals surface area contributed by atoms with Crippen LogP contribution in [0.15, 0.2) is 84.0 Å². The van der Waals surface area contributed by atoms with Gasteiger partial charge in [-0.3, -0.25) is 4.79 Å². The minimum atomic E-state index is -0.275. The first-order valence-corrected chi connectivity index (χ1v) is 13.7. The van der Waals surface area contributed by atoms with Crippen molar-refractivity contribution >= 4 is 17.7 Å². The summed E-state index contributed by atoms with van der Waals surface area (Å²) >= 11 is 1.72. The van der Waals surface area contributed by atoms with E-state index in [1.165, 1.54) is 28.8 Å². The van der Waals surface area contributed by atoms with Gasteiger partial charge in [0.15, 0.2) is 5.16 Å². The molecule has 0 aliphatic heterocycles. The van der Waals surface area contributed by atoms with E-state index in [-0.39, 0.29) is 11.7 Å². The predicted octanol–water partition coefficient (Wildman–Crippen LogP) is 6.29. The van der Waals surface area contributed by atoms with E-state index in [9.17, 15) is 9.18 Å². The van der Waals surface area contributed by atoms with Crippen molar-refractivity contribution in [1.29, 1.82) is 0 Å². The summed E-state index contributed by atoms with van der Waals surface area (Å²) in [6.07, 6.45) is 3.77.